The summed E-state index contributed by atoms with van der Waals surface area (Å²) in [5.41, 5.74) is 0.377. The van der Waals surface area contributed by atoms with E-state index < -0.39 is 0 Å². The van der Waals surface area contributed by atoms with Crippen LogP contribution in [0.5, 0.6) is 0 Å². The van der Waals surface area contributed by atoms with E-state index in [1.54, 1.807) is 0 Å². The van der Waals surface area contributed by atoms with Gasteiger partial charge < -0.3 is 5.32 Å². The van der Waals surface area contributed by atoms with E-state index in [0.29, 0.717) is 5.41 Å². The molecule has 0 spiro atoms. The summed E-state index contributed by atoms with van der Waals surface area (Å²) in [6.07, 6.45) is 6.29. The van der Waals surface area contributed by atoms with Gasteiger partial charge in [0.15, 0.2) is 0 Å². The molecule has 0 unspecified atom stereocenters. The molecule has 1 aliphatic carbocycles. The second-order valence-electron chi connectivity index (χ2n) is 3.97. The van der Waals surface area contributed by atoms with Crippen LogP contribution >= 0.6 is 11.6 Å². The predicted molar refractivity (Wildman–Crippen MR) is 54.9 cm³/mol. The molecule has 1 fully saturated rings. The molecule has 1 N–H and O–H groups in total. The van der Waals surface area contributed by atoms with Gasteiger partial charge in [-0.15, -0.1) is 11.6 Å². The maximum Gasteiger partial charge on any atom is 0.234 e. The third-order valence-electron chi connectivity index (χ3n) is 3.20. The molecule has 0 heterocycles. The molecule has 0 radical (unpaired) electrons. The van der Waals surface area contributed by atoms with Crippen LogP contribution in [0.3, 0.4) is 0 Å². The molecule has 0 aromatic carbocycles. The van der Waals surface area contributed by atoms with Crippen molar-refractivity contribution in [1.29, 1.82) is 0 Å². The molecule has 2 nitrogen and oxygen atoms in total. The lowest BCUT2D eigenvalue weighted by Crippen LogP contribution is -2.36. The molecule has 0 bridgehead atoms. The van der Waals surface area contributed by atoms with Gasteiger partial charge in [-0.05, 0) is 24.7 Å². The molecule has 0 aromatic heterocycles. The van der Waals surface area contributed by atoms with E-state index in [9.17, 15) is 4.79 Å². The minimum absolute atomic E-state index is 0.0404. The van der Waals surface area contributed by atoms with Crippen molar-refractivity contribution in [1.82, 2.24) is 5.32 Å². The van der Waals surface area contributed by atoms with Gasteiger partial charge in [0.25, 0.3) is 0 Å². The highest BCUT2D eigenvalue weighted by Gasteiger charge is 2.31. The zero-order valence-corrected chi connectivity index (χ0v) is 8.99. The Morgan fingerprint density at radius 2 is 2.08 bits per heavy atom. The number of carbonyl (C=O) groups is 1. The number of nitrogens with one attached hydrogen (secondary N) is 1. The maximum atomic E-state index is 11.0. The minimum atomic E-state index is -0.0404. The van der Waals surface area contributed by atoms with Crippen molar-refractivity contribution in [2.24, 2.45) is 5.41 Å². The summed E-state index contributed by atoms with van der Waals surface area (Å²) < 4.78 is 0. The molecule has 0 saturated heterocycles. The minimum Gasteiger partial charge on any atom is -0.355 e. The quantitative estimate of drug-likeness (QED) is 0.699. The standard InChI is InChI=1S/C10H18ClNO/c1-2-10(5-3-4-6-10)8-12-9(13)7-11/h2-8H2,1H3,(H,12,13). The summed E-state index contributed by atoms with van der Waals surface area (Å²) in [6.45, 7) is 3.02. The fourth-order valence-electron chi connectivity index (χ4n) is 2.11. The van der Waals surface area contributed by atoms with E-state index in [-0.39, 0.29) is 11.8 Å². The van der Waals surface area contributed by atoms with E-state index >= 15 is 0 Å². The smallest absolute Gasteiger partial charge is 0.234 e. The summed E-state index contributed by atoms with van der Waals surface area (Å²) in [4.78, 5) is 11.0. The lowest BCUT2D eigenvalue weighted by atomic mass is 9.83. The highest BCUT2D eigenvalue weighted by atomic mass is 35.5. The van der Waals surface area contributed by atoms with Crippen molar-refractivity contribution in [2.75, 3.05) is 12.4 Å². The van der Waals surface area contributed by atoms with Crippen LogP contribution in [0.4, 0.5) is 0 Å². The third-order valence-corrected chi connectivity index (χ3v) is 3.44. The van der Waals surface area contributed by atoms with Gasteiger partial charge in [-0.25, -0.2) is 0 Å². The van der Waals surface area contributed by atoms with Crippen LogP contribution in [-0.4, -0.2) is 18.3 Å². The second-order valence-corrected chi connectivity index (χ2v) is 4.24. The molecule has 1 saturated carbocycles. The summed E-state index contributed by atoms with van der Waals surface area (Å²) in [7, 11) is 0. The number of carbonyl (C=O) groups excluding carboxylic acids is 1. The van der Waals surface area contributed by atoms with E-state index in [1.165, 1.54) is 25.7 Å². The van der Waals surface area contributed by atoms with Crippen LogP contribution in [0.15, 0.2) is 0 Å². The van der Waals surface area contributed by atoms with Gasteiger partial charge in [0.1, 0.15) is 5.88 Å². The number of hydrogen-bond acceptors (Lipinski definition) is 1. The van der Waals surface area contributed by atoms with E-state index in [1.807, 2.05) is 0 Å². The molecular formula is C10H18ClNO. The van der Waals surface area contributed by atoms with Crippen molar-refractivity contribution in [3.63, 3.8) is 0 Å². The van der Waals surface area contributed by atoms with Gasteiger partial charge in [0.2, 0.25) is 5.91 Å². The van der Waals surface area contributed by atoms with Crippen LogP contribution in [0.25, 0.3) is 0 Å². The SMILES string of the molecule is CCC1(CNC(=O)CCl)CCCC1. The van der Waals surface area contributed by atoms with E-state index in [4.69, 9.17) is 11.6 Å². The molecule has 1 aliphatic rings. The van der Waals surface area contributed by atoms with Gasteiger partial charge in [-0.3, -0.25) is 4.79 Å². The first-order valence-electron chi connectivity index (χ1n) is 5.05. The van der Waals surface area contributed by atoms with Gasteiger partial charge in [0.05, 0.1) is 0 Å². The molecule has 0 atom stereocenters. The topological polar surface area (TPSA) is 29.1 Å². The molecule has 1 amide bonds. The number of halogens is 1. The van der Waals surface area contributed by atoms with Gasteiger partial charge in [-0.2, -0.15) is 0 Å². The van der Waals surface area contributed by atoms with Crippen LogP contribution < -0.4 is 5.32 Å². The summed E-state index contributed by atoms with van der Waals surface area (Å²) in [5, 5.41) is 2.90. The van der Waals surface area contributed by atoms with Crippen molar-refractivity contribution in [3.8, 4) is 0 Å². The van der Waals surface area contributed by atoms with Crippen LogP contribution in [0, 0.1) is 5.41 Å². The van der Waals surface area contributed by atoms with Crippen molar-refractivity contribution in [3.05, 3.63) is 0 Å². The Morgan fingerprint density at radius 3 is 2.54 bits per heavy atom. The third kappa shape index (κ3) is 2.87. The first-order chi connectivity index (χ1) is 6.22. The van der Waals surface area contributed by atoms with E-state index in [2.05, 4.69) is 12.2 Å². The maximum absolute atomic E-state index is 11.0. The summed E-state index contributed by atoms with van der Waals surface area (Å²) in [6, 6.07) is 0. The normalized spacial score (nSPS) is 20.2. The Labute approximate surface area is 85.0 Å². The van der Waals surface area contributed by atoms with Crippen LogP contribution in [0.1, 0.15) is 39.0 Å². The second kappa shape index (κ2) is 4.85. The van der Waals surface area contributed by atoms with E-state index in [0.717, 1.165) is 13.0 Å². The number of amides is 1. The van der Waals surface area contributed by atoms with Crippen molar-refractivity contribution in [2.45, 2.75) is 39.0 Å². The van der Waals surface area contributed by atoms with Gasteiger partial charge in [-0.1, -0.05) is 19.8 Å². The highest BCUT2D eigenvalue weighted by molar-refractivity contribution is 6.27. The molecule has 3 heteroatoms. The monoisotopic (exact) mass is 203 g/mol. The van der Waals surface area contributed by atoms with Crippen LogP contribution in [0.2, 0.25) is 0 Å². The summed E-state index contributed by atoms with van der Waals surface area (Å²) in [5.74, 6) is 0.0428. The largest absolute Gasteiger partial charge is 0.355 e. The number of rotatable bonds is 4. The zero-order valence-electron chi connectivity index (χ0n) is 8.24. The molecule has 13 heavy (non-hydrogen) atoms. The fourth-order valence-corrected chi connectivity index (χ4v) is 2.21. The molecule has 1 rings (SSSR count). The Balaban J connectivity index is 2.35. The van der Waals surface area contributed by atoms with Crippen LogP contribution in [-0.2, 0) is 4.79 Å². The highest BCUT2D eigenvalue weighted by Crippen LogP contribution is 2.40. The van der Waals surface area contributed by atoms with Gasteiger partial charge >= 0.3 is 0 Å². The molecule has 76 valence electrons. The lowest BCUT2D eigenvalue weighted by molar-refractivity contribution is -0.119. The first-order valence-corrected chi connectivity index (χ1v) is 5.58. The average molecular weight is 204 g/mol. The fraction of sp³-hybridized carbons (Fsp3) is 0.900. The number of alkyl halides is 1. The molecule has 0 aliphatic heterocycles. The molecule has 0 aromatic rings. The predicted octanol–water partition coefficient (Wildman–Crippen LogP) is 2.31. The Hall–Kier alpha value is -0.240. The average Bonchev–Trinajstić information content (AvgIpc) is 2.63. The Morgan fingerprint density at radius 1 is 1.46 bits per heavy atom. The van der Waals surface area contributed by atoms with Gasteiger partial charge in [0, 0.05) is 6.54 Å². The van der Waals surface area contributed by atoms with Crippen molar-refractivity contribution >= 4 is 17.5 Å². The summed E-state index contributed by atoms with van der Waals surface area (Å²) >= 11 is 5.41. The lowest BCUT2D eigenvalue weighted by Gasteiger charge is -2.27. The molecular weight excluding hydrogens is 186 g/mol. The Bertz CT molecular complexity index is 176. The van der Waals surface area contributed by atoms with Crippen molar-refractivity contribution < 1.29 is 4.79 Å². The number of hydrogen-bond donors (Lipinski definition) is 1. The Kier molecular flexibility index (Phi) is 4.04. The first kappa shape index (κ1) is 10.8. The zero-order chi connectivity index (χ0) is 9.73.